The van der Waals surface area contributed by atoms with Crippen LogP contribution < -0.4 is 10.5 Å². The number of nitrogen functional groups attached to an aromatic ring is 1. The van der Waals surface area contributed by atoms with E-state index in [1.165, 1.54) is 24.3 Å². The lowest BCUT2D eigenvalue weighted by molar-refractivity contribution is -0.274. The van der Waals surface area contributed by atoms with Crippen molar-refractivity contribution in [1.29, 1.82) is 0 Å². The fraction of sp³-hybridized carbons (Fsp3) is 0.231. The van der Waals surface area contributed by atoms with E-state index < -0.39 is 6.36 Å². The van der Waals surface area contributed by atoms with Gasteiger partial charge in [-0.3, -0.25) is 0 Å². The summed E-state index contributed by atoms with van der Waals surface area (Å²) in [6.07, 6.45) is -4.23. The molecule has 1 aromatic heterocycles. The number of rotatable bonds is 3. The Morgan fingerprint density at radius 3 is 2.55 bits per heavy atom. The van der Waals surface area contributed by atoms with E-state index in [-0.39, 0.29) is 17.1 Å². The number of hydrogen-bond acceptors (Lipinski definition) is 4. The van der Waals surface area contributed by atoms with E-state index in [0.717, 1.165) is 0 Å². The number of ether oxygens (including phenoxy) is 1. The van der Waals surface area contributed by atoms with Crippen LogP contribution in [0.4, 0.5) is 19.0 Å². The molecule has 0 atom stereocenters. The molecule has 2 N–H and O–H groups in total. The van der Waals surface area contributed by atoms with Crippen LogP contribution in [0.2, 0.25) is 0 Å². The number of benzene rings is 1. The summed E-state index contributed by atoms with van der Waals surface area (Å²) >= 11 is 0. The summed E-state index contributed by atoms with van der Waals surface area (Å²) in [5, 5.41) is 0. The van der Waals surface area contributed by atoms with Crippen LogP contribution >= 0.6 is 0 Å². The molecule has 20 heavy (non-hydrogen) atoms. The lowest BCUT2D eigenvalue weighted by atomic mass is 10.1. The number of nitrogens with two attached hydrogens (primary N) is 1. The highest BCUT2D eigenvalue weighted by Gasteiger charge is 2.32. The number of aryl methyl sites for hydroxylation is 1. The number of anilines is 1. The molecule has 0 saturated carbocycles. The van der Waals surface area contributed by atoms with Crippen molar-refractivity contribution in [1.82, 2.24) is 9.97 Å². The van der Waals surface area contributed by atoms with Crippen molar-refractivity contribution < 1.29 is 17.9 Å². The molecule has 0 aliphatic carbocycles. The van der Waals surface area contributed by atoms with Crippen molar-refractivity contribution >= 4 is 5.82 Å². The highest BCUT2D eigenvalue weighted by atomic mass is 19.4. The van der Waals surface area contributed by atoms with Gasteiger partial charge in [-0.1, -0.05) is 19.1 Å². The summed E-state index contributed by atoms with van der Waals surface area (Å²) in [5.74, 6) is 0.343. The molecule has 0 aliphatic heterocycles. The molecule has 7 heteroatoms. The Kier molecular flexibility index (Phi) is 3.78. The third-order valence-electron chi connectivity index (χ3n) is 2.50. The van der Waals surface area contributed by atoms with Crippen LogP contribution in [-0.4, -0.2) is 16.3 Å². The van der Waals surface area contributed by atoms with E-state index in [1.54, 1.807) is 6.07 Å². The average molecular weight is 283 g/mol. The van der Waals surface area contributed by atoms with Gasteiger partial charge in [-0.2, -0.15) is 0 Å². The maximum absolute atomic E-state index is 12.4. The Hall–Kier alpha value is -2.31. The lowest BCUT2D eigenvalue weighted by Crippen LogP contribution is -2.17. The molecule has 0 unspecified atom stereocenters. The highest BCUT2D eigenvalue weighted by Crippen LogP contribution is 2.33. The fourth-order valence-corrected chi connectivity index (χ4v) is 1.71. The molecule has 4 nitrogen and oxygen atoms in total. The minimum atomic E-state index is -4.76. The third-order valence-corrected chi connectivity index (χ3v) is 2.50. The van der Waals surface area contributed by atoms with E-state index in [0.29, 0.717) is 17.9 Å². The van der Waals surface area contributed by atoms with Crippen molar-refractivity contribution in [2.24, 2.45) is 0 Å². The Balaban J connectivity index is 2.50. The molecule has 0 amide bonds. The SMILES string of the molecule is CCc1nc(N)cc(-c2ccccc2OC(F)(F)F)n1. The molecule has 1 aromatic carbocycles. The largest absolute Gasteiger partial charge is 0.573 e. The second-order valence-corrected chi connectivity index (χ2v) is 3.99. The first kappa shape index (κ1) is 14.1. The molecule has 2 aromatic rings. The summed E-state index contributed by atoms with van der Waals surface area (Å²) in [6, 6.07) is 7.19. The minimum Gasteiger partial charge on any atom is -0.405 e. The standard InChI is InChI=1S/C13H12F3N3O/c1-2-12-18-9(7-11(17)19-12)8-5-3-4-6-10(8)20-13(14,15)16/h3-7H,2H2,1H3,(H2,17,18,19). The Labute approximate surface area is 113 Å². The fourth-order valence-electron chi connectivity index (χ4n) is 1.71. The molecular formula is C13H12F3N3O. The zero-order valence-corrected chi connectivity index (χ0v) is 10.6. The molecule has 0 aliphatic rings. The lowest BCUT2D eigenvalue weighted by Gasteiger charge is -2.13. The third kappa shape index (κ3) is 3.37. The van der Waals surface area contributed by atoms with Gasteiger partial charge >= 0.3 is 6.36 Å². The van der Waals surface area contributed by atoms with E-state index >= 15 is 0 Å². The van der Waals surface area contributed by atoms with Gasteiger partial charge in [-0.15, -0.1) is 13.2 Å². The summed E-state index contributed by atoms with van der Waals surface area (Å²) in [4.78, 5) is 8.16. The molecule has 106 valence electrons. The van der Waals surface area contributed by atoms with Crippen molar-refractivity contribution in [2.45, 2.75) is 19.7 Å². The van der Waals surface area contributed by atoms with Crippen molar-refractivity contribution in [2.75, 3.05) is 5.73 Å². The number of halogens is 3. The van der Waals surface area contributed by atoms with E-state index in [2.05, 4.69) is 14.7 Å². The second kappa shape index (κ2) is 5.36. The molecule has 1 heterocycles. The van der Waals surface area contributed by atoms with Gasteiger partial charge < -0.3 is 10.5 Å². The van der Waals surface area contributed by atoms with E-state index in [9.17, 15) is 13.2 Å². The number of alkyl halides is 3. The van der Waals surface area contributed by atoms with Crippen LogP contribution in [-0.2, 0) is 6.42 Å². The van der Waals surface area contributed by atoms with Crippen molar-refractivity contribution in [3.05, 3.63) is 36.2 Å². The topological polar surface area (TPSA) is 61.0 Å². The Morgan fingerprint density at radius 2 is 1.90 bits per heavy atom. The van der Waals surface area contributed by atoms with Gasteiger partial charge in [0.25, 0.3) is 0 Å². The van der Waals surface area contributed by atoms with Crippen molar-refractivity contribution in [3.8, 4) is 17.0 Å². The predicted molar refractivity (Wildman–Crippen MR) is 67.9 cm³/mol. The first-order valence-corrected chi connectivity index (χ1v) is 5.87. The minimum absolute atomic E-state index is 0.202. The van der Waals surface area contributed by atoms with Crippen molar-refractivity contribution in [3.63, 3.8) is 0 Å². The number of hydrogen-bond donors (Lipinski definition) is 1. The first-order chi connectivity index (χ1) is 9.39. The van der Waals surface area contributed by atoms with Gasteiger partial charge in [0, 0.05) is 18.1 Å². The molecular weight excluding hydrogens is 271 g/mol. The summed E-state index contributed by atoms with van der Waals surface area (Å²) in [5.41, 5.74) is 6.15. The number of para-hydroxylation sites is 1. The molecule has 2 rings (SSSR count). The van der Waals surface area contributed by atoms with Gasteiger partial charge in [0.15, 0.2) is 0 Å². The summed E-state index contributed by atoms with van der Waals surface area (Å²) in [7, 11) is 0. The average Bonchev–Trinajstić information content (AvgIpc) is 2.36. The molecule has 0 radical (unpaired) electrons. The van der Waals surface area contributed by atoms with Crippen LogP contribution in [0.25, 0.3) is 11.3 Å². The smallest absolute Gasteiger partial charge is 0.405 e. The number of aromatic nitrogens is 2. The predicted octanol–water partition coefficient (Wildman–Crippen LogP) is 3.19. The van der Waals surface area contributed by atoms with Crippen LogP contribution in [0.1, 0.15) is 12.7 Å². The summed E-state index contributed by atoms with van der Waals surface area (Å²) < 4.78 is 41.1. The van der Waals surface area contributed by atoms with Gasteiger partial charge in [-0.05, 0) is 12.1 Å². The summed E-state index contributed by atoms with van der Waals surface area (Å²) in [6.45, 7) is 1.83. The molecule has 0 spiro atoms. The maximum Gasteiger partial charge on any atom is 0.573 e. The van der Waals surface area contributed by atoms with Gasteiger partial charge in [0.2, 0.25) is 0 Å². The van der Waals surface area contributed by atoms with Crippen LogP contribution in [0.5, 0.6) is 5.75 Å². The Morgan fingerprint density at radius 1 is 1.20 bits per heavy atom. The maximum atomic E-state index is 12.4. The quantitative estimate of drug-likeness (QED) is 0.939. The van der Waals surface area contributed by atoms with Crippen LogP contribution in [0.3, 0.4) is 0 Å². The van der Waals surface area contributed by atoms with Crippen LogP contribution in [0.15, 0.2) is 30.3 Å². The molecule has 0 saturated heterocycles. The zero-order valence-electron chi connectivity index (χ0n) is 10.6. The Bertz CT molecular complexity index is 614. The second-order valence-electron chi connectivity index (χ2n) is 3.99. The molecule has 0 bridgehead atoms. The normalized spacial score (nSPS) is 11.4. The molecule has 0 fully saturated rings. The van der Waals surface area contributed by atoms with E-state index in [1.807, 2.05) is 6.92 Å². The van der Waals surface area contributed by atoms with Gasteiger partial charge in [0.1, 0.15) is 17.4 Å². The zero-order chi connectivity index (χ0) is 14.8. The van der Waals surface area contributed by atoms with Gasteiger partial charge in [-0.25, -0.2) is 9.97 Å². The highest BCUT2D eigenvalue weighted by molar-refractivity contribution is 5.68. The monoisotopic (exact) mass is 283 g/mol. The number of nitrogens with zero attached hydrogens (tertiary/aromatic N) is 2. The van der Waals surface area contributed by atoms with Crippen LogP contribution in [0, 0.1) is 0 Å². The first-order valence-electron chi connectivity index (χ1n) is 5.87. The van der Waals surface area contributed by atoms with E-state index in [4.69, 9.17) is 5.73 Å². The van der Waals surface area contributed by atoms with Gasteiger partial charge in [0.05, 0.1) is 5.69 Å².